The molecule has 2 heterocycles. The molecular formula is C19H12INOS. The monoisotopic (exact) mass is 429 g/mol. The van der Waals surface area contributed by atoms with Crippen molar-refractivity contribution in [2.24, 2.45) is 4.99 Å². The van der Waals surface area contributed by atoms with Crippen molar-refractivity contribution < 1.29 is 4.79 Å². The van der Waals surface area contributed by atoms with Crippen LogP contribution in [0.3, 0.4) is 0 Å². The maximum Gasteiger partial charge on any atom is 0.178 e. The Labute approximate surface area is 152 Å². The quantitative estimate of drug-likeness (QED) is 0.629. The van der Waals surface area contributed by atoms with Crippen LogP contribution in [0.1, 0.15) is 10.4 Å². The lowest BCUT2D eigenvalue weighted by Gasteiger charge is -2.24. The van der Waals surface area contributed by atoms with Crippen molar-refractivity contribution in [1.82, 2.24) is 0 Å². The van der Waals surface area contributed by atoms with Gasteiger partial charge in [0.1, 0.15) is 5.54 Å². The summed E-state index contributed by atoms with van der Waals surface area (Å²) in [5, 5.41) is 2.07. The highest BCUT2D eigenvalue weighted by Gasteiger charge is 2.40. The minimum absolute atomic E-state index is 0.0134. The number of carbonyl (C=O) groups excluding carboxylic acids is 1. The van der Waals surface area contributed by atoms with Gasteiger partial charge in [-0.05, 0) is 58.3 Å². The van der Waals surface area contributed by atoms with E-state index >= 15 is 0 Å². The highest BCUT2D eigenvalue weighted by Crippen LogP contribution is 2.47. The van der Waals surface area contributed by atoms with E-state index in [0.29, 0.717) is 0 Å². The van der Waals surface area contributed by atoms with Gasteiger partial charge in [0.05, 0.1) is 5.71 Å². The zero-order valence-electron chi connectivity index (χ0n) is 12.1. The highest BCUT2D eigenvalue weighted by molar-refractivity contribution is 14.1. The van der Waals surface area contributed by atoms with E-state index in [1.807, 2.05) is 36.4 Å². The fraction of sp³-hybridized carbons (Fsp3) is 0.0526. The summed E-state index contributed by atoms with van der Waals surface area (Å²) in [4.78, 5) is 17.8. The van der Waals surface area contributed by atoms with Gasteiger partial charge in [-0.2, -0.15) is 0 Å². The van der Waals surface area contributed by atoms with Gasteiger partial charge in [0, 0.05) is 19.6 Å². The Bertz CT molecular complexity index is 873. The fourth-order valence-corrected chi connectivity index (χ4v) is 5.05. The molecule has 1 aliphatic heterocycles. The number of allylic oxidation sites excluding steroid dienone is 3. The third-order valence-corrected chi connectivity index (χ3v) is 5.88. The molecule has 4 rings (SSSR count). The van der Waals surface area contributed by atoms with Crippen LogP contribution >= 0.6 is 33.9 Å². The predicted molar refractivity (Wildman–Crippen MR) is 104 cm³/mol. The molecule has 0 fully saturated rings. The van der Waals surface area contributed by atoms with Crippen molar-refractivity contribution in [1.29, 1.82) is 0 Å². The summed E-state index contributed by atoms with van der Waals surface area (Å²) in [5.41, 5.74) is 2.67. The molecule has 2 nitrogen and oxygen atoms in total. The largest absolute Gasteiger partial charge is 0.290 e. The van der Waals surface area contributed by atoms with Crippen LogP contribution in [0, 0.1) is 0 Å². The van der Waals surface area contributed by atoms with E-state index in [4.69, 9.17) is 4.99 Å². The first kappa shape index (κ1) is 14.8. The van der Waals surface area contributed by atoms with Crippen molar-refractivity contribution >= 4 is 51.0 Å². The van der Waals surface area contributed by atoms with E-state index in [2.05, 4.69) is 46.2 Å². The predicted octanol–water partition coefficient (Wildman–Crippen LogP) is 4.83. The Morgan fingerprint density at radius 1 is 1.00 bits per heavy atom. The summed E-state index contributed by atoms with van der Waals surface area (Å²) in [6, 6.07) is 14.4. The van der Waals surface area contributed by atoms with E-state index in [0.717, 1.165) is 20.4 Å². The third-order valence-electron chi connectivity index (χ3n) is 3.94. The first-order valence-electron chi connectivity index (χ1n) is 7.22. The number of aliphatic imine (C=N–C) groups is 1. The first-order valence-corrected chi connectivity index (χ1v) is 9.18. The molecule has 0 atom stereocenters. The first-order chi connectivity index (χ1) is 11.2. The molecule has 1 spiro atoms. The van der Waals surface area contributed by atoms with Crippen LogP contribution in [0.25, 0.3) is 5.57 Å². The average Bonchev–Trinajstić information content (AvgIpc) is 3.18. The van der Waals surface area contributed by atoms with Gasteiger partial charge in [0.2, 0.25) is 0 Å². The second-order valence-corrected chi connectivity index (χ2v) is 7.41. The van der Waals surface area contributed by atoms with Gasteiger partial charge in [-0.25, -0.2) is 0 Å². The average molecular weight is 429 g/mol. The fourth-order valence-electron chi connectivity index (χ4n) is 2.87. The van der Waals surface area contributed by atoms with Gasteiger partial charge < -0.3 is 0 Å². The molecule has 0 saturated heterocycles. The van der Waals surface area contributed by atoms with Crippen molar-refractivity contribution in [3.05, 3.63) is 86.2 Å². The zero-order chi connectivity index (χ0) is 15.9. The highest BCUT2D eigenvalue weighted by atomic mass is 127. The van der Waals surface area contributed by atoms with Crippen molar-refractivity contribution in [3.63, 3.8) is 0 Å². The van der Waals surface area contributed by atoms with Crippen LogP contribution in [0.15, 0.2) is 80.7 Å². The smallest absolute Gasteiger partial charge is 0.178 e. The van der Waals surface area contributed by atoms with Gasteiger partial charge in [-0.15, -0.1) is 11.3 Å². The van der Waals surface area contributed by atoms with E-state index in [9.17, 15) is 4.79 Å². The van der Waals surface area contributed by atoms with Gasteiger partial charge in [0.25, 0.3) is 0 Å². The van der Waals surface area contributed by atoms with Crippen LogP contribution in [0.2, 0.25) is 0 Å². The molecule has 0 saturated carbocycles. The number of hydrogen-bond acceptors (Lipinski definition) is 3. The van der Waals surface area contributed by atoms with Gasteiger partial charge >= 0.3 is 0 Å². The zero-order valence-corrected chi connectivity index (χ0v) is 15.0. The second kappa shape index (κ2) is 5.69. The van der Waals surface area contributed by atoms with E-state index in [1.54, 1.807) is 23.5 Å². The standard InChI is InChI=1S/C19H12INOS/c20-17-16(15-7-4-12-23-15)19(10-8-14(22)9-11-19)21-18(17)13-5-2-1-3-6-13/h1-12H. The van der Waals surface area contributed by atoms with E-state index in [-0.39, 0.29) is 5.78 Å². The minimum Gasteiger partial charge on any atom is -0.290 e. The van der Waals surface area contributed by atoms with Crippen molar-refractivity contribution in [2.45, 2.75) is 5.54 Å². The molecular weight excluding hydrogens is 417 g/mol. The number of benzene rings is 1. The van der Waals surface area contributed by atoms with Gasteiger partial charge in [-0.3, -0.25) is 9.79 Å². The molecule has 0 unspecified atom stereocenters. The minimum atomic E-state index is -0.569. The van der Waals surface area contributed by atoms with Crippen LogP contribution < -0.4 is 0 Å². The molecule has 2 aromatic rings. The topological polar surface area (TPSA) is 29.4 Å². The molecule has 1 aliphatic carbocycles. The Hall–Kier alpha value is -1.79. The maximum absolute atomic E-state index is 11.6. The van der Waals surface area contributed by atoms with Crippen LogP contribution in [-0.4, -0.2) is 17.0 Å². The molecule has 0 N–H and O–H groups in total. The Morgan fingerprint density at radius 2 is 1.74 bits per heavy atom. The Kier molecular flexibility index (Phi) is 3.66. The number of halogens is 1. The summed E-state index contributed by atoms with van der Waals surface area (Å²) in [7, 11) is 0. The SMILES string of the molecule is O=C1C=CC2(C=C1)N=C(c1ccccc1)C(I)=C2c1cccs1. The summed E-state index contributed by atoms with van der Waals surface area (Å²) < 4.78 is 1.14. The summed E-state index contributed by atoms with van der Waals surface area (Å²) >= 11 is 4.08. The van der Waals surface area contributed by atoms with Gasteiger partial charge in [0.15, 0.2) is 5.78 Å². The molecule has 23 heavy (non-hydrogen) atoms. The number of hydrogen-bond donors (Lipinski definition) is 0. The molecule has 4 heteroatoms. The van der Waals surface area contributed by atoms with E-state index < -0.39 is 5.54 Å². The number of rotatable bonds is 2. The lowest BCUT2D eigenvalue weighted by atomic mass is 9.86. The molecule has 0 radical (unpaired) electrons. The van der Waals surface area contributed by atoms with Crippen molar-refractivity contribution in [2.75, 3.05) is 0 Å². The molecule has 2 aliphatic rings. The number of carbonyl (C=O) groups is 1. The maximum atomic E-state index is 11.6. The molecule has 0 bridgehead atoms. The third kappa shape index (κ3) is 2.46. The summed E-state index contributed by atoms with van der Waals surface area (Å²) in [6.07, 6.45) is 7.07. The number of ketones is 1. The Balaban J connectivity index is 1.94. The van der Waals surface area contributed by atoms with E-state index in [1.165, 1.54) is 4.88 Å². The normalized spacial score (nSPS) is 18.8. The Morgan fingerprint density at radius 3 is 2.39 bits per heavy atom. The number of nitrogens with zero attached hydrogens (tertiary/aromatic N) is 1. The lowest BCUT2D eigenvalue weighted by Crippen LogP contribution is -2.23. The summed E-state index contributed by atoms with van der Waals surface area (Å²) in [6.45, 7) is 0. The lowest BCUT2D eigenvalue weighted by molar-refractivity contribution is -0.110. The number of thiophene rings is 1. The van der Waals surface area contributed by atoms with Crippen molar-refractivity contribution in [3.8, 4) is 0 Å². The molecule has 112 valence electrons. The molecule has 1 aromatic carbocycles. The van der Waals surface area contributed by atoms with Crippen LogP contribution in [0.4, 0.5) is 0 Å². The van der Waals surface area contributed by atoms with Crippen LogP contribution in [0.5, 0.6) is 0 Å². The van der Waals surface area contributed by atoms with Crippen LogP contribution in [-0.2, 0) is 4.79 Å². The molecule has 0 amide bonds. The summed E-state index contributed by atoms with van der Waals surface area (Å²) in [5.74, 6) is 0.0134. The second-order valence-electron chi connectivity index (χ2n) is 5.39. The molecule has 1 aromatic heterocycles. The van der Waals surface area contributed by atoms with Gasteiger partial charge in [-0.1, -0.05) is 36.4 Å².